The molecule has 1 saturated heterocycles. The monoisotopic (exact) mass is 261 g/mol. The average molecular weight is 262 g/mol. The summed E-state index contributed by atoms with van der Waals surface area (Å²) in [5.74, 6) is -0.0345. The van der Waals surface area contributed by atoms with E-state index in [-0.39, 0.29) is 24.4 Å². The van der Waals surface area contributed by atoms with Crippen LogP contribution in [0.15, 0.2) is 16.6 Å². The van der Waals surface area contributed by atoms with Crippen LogP contribution in [-0.2, 0) is 11.8 Å². The normalized spacial score (nSPS) is 21.6. The highest BCUT2D eigenvalue weighted by Gasteiger charge is 2.19. The molecular weight excluding hydrogens is 246 g/mol. The largest absolute Gasteiger partial charge is 0.327 e. The number of halogens is 1. The lowest BCUT2D eigenvalue weighted by Gasteiger charge is -2.19. The van der Waals surface area contributed by atoms with E-state index in [9.17, 15) is 4.79 Å². The lowest BCUT2D eigenvalue weighted by molar-refractivity contribution is -0.120. The van der Waals surface area contributed by atoms with Crippen LogP contribution in [-0.4, -0.2) is 23.1 Å². The number of amides is 1. The minimum atomic E-state index is -0.0687. The molecule has 16 heavy (non-hydrogen) atoms. The lowest BCUT2D eigenvalue weighted by Crippen LogP contribution is -2.40. The summed E-state index contributed by atoms with van der Waals surface area (Å²) in [6, 6.07) is -0.0687. The van der Waals surface area contributed by atoms with Gasteiger partial charge >= 0.3 is 0 Å². The summed E-state index contributed by atoms with van der Waals surface area (Å²) in [5, 5.41) is 5.13. The number of aromatic nitrogens is 1. The second-order valence-electron chi connectivity index (χ2n) is 3.75. The highest BCUT2D eigenvalue weighted by molar-refractivity contribution is 7.07. The van der Waals surface area contributed by atoms with Crippen LogP contribution >= 0.6 is 23.7 Å². The van der Waals surface area contributed by atoms with Crippen molar-refractivity contribution in [3.8, 4) is 0 Å². The average Bonchev–Trinajstić information content (AvgIpc) is 2.66. The first-order valence-electron chi connectivity index (χ1n) is 5.19. The zero-order valence-electron chi connectivity index (χ0n) is 9.18. The number of nitrogens with one attached hydrogen (secondary N) is 1. The van der Waals surface area contributed by atoms with Gasteiger partial charge in [-0.1, -0.05) is 6.42 Å². The molecule has 6 heteroatoms. The molecule has 1 aliphatic rings. The van der Waals surface area contributed by atoms with Gasteiger partial charge in [-0.25, -0.2) is 0 Å². The van der Waals surface area contributed by atoms with Crippen LogP contribution in [0.2, 0.25) is 0 Å². The van der Waals surface area contributed by atoms with Crippen LogP contribution in [0.3, 0.4) is 0 Å². The summed E-state index contributed by atoms with van der Waals surface area (Å²) in [7, 11) is 1.90. The first kappa shape index (κ1) is 13.4. The Hall–Kier alpha value is -0.650. The van der Waals surface area contributed by atoms with E-state index in [2.05, 4.69) is 10.3 Å². The topological polar surface area (TPSA) is 46.4 Å². The van der Waals surface area contributed by atoms with Gasteiger partial charge in [0.2, 0.25) is 0 Å². The van der Waals surface area contributed by atoms with Crippen molar-refractivity contribution in [3.05, 3.63) is 16.4 Å². The maximum atomic E-state index is 11.8. The second-order valence-corrected chi connectivity index (χ2v) is 4.62. The van der Waals surface area contributed by atoms with Gasteiger partial charge in [0.05, 0.1) is 6.04 Å². The van der Waals surface area contributed by atoms with Crippen molar-refractivity contribution in [2.75, 3.05) is 6.54 Å². The van der Waals surface area contributed by atoms with Gasteiger partial charge in [-0.05, 0) is 19.4 Å². The van der Waals surface area contributed by atoms with Crippen molar-refractivity contribution < 1.29 is 4.79 Å². The molecule has 0 unspecified atom stereocenters. The number of thiazole rings is 1. The Morgan fingerprint density at radius 2 is 2.44 bits per heavy atom. The molecule has 0 aliphatic carbocycles. The van der Waals surface area contributed by atoms with Gasteiger partial charge < -0.3 is 9.88 Å². The highest BCUT2D eigenvalue weighted by Crippen LogP contribution is 2.07. The van der Waals surface area contributed by atoms with Crippen molar-refractivity contribution in [1.82, 2.24) is 9.88 Å². The summed E-state index contributed by atoms with van der Waals surface area (Å²) in [6.07, 6.45) is 5.11. The Morgan fingerprint density at radius 3 is 3.00 bits per heavy atom. The first-order chi connectivity index (χ1) is 7.27. The maximum absolute atomic E-state index is 11.8. The van der Waals surface area contributed by atoms with Crippen LogP contribution < -0.4 is 10.1 Å². The molecule has 0 bridgehead atoms. The Balaban J connectivity index is 0.00000128. The lowest BCUT2D eigenvalue weighted by atomic mass is 10.0. The van der Waals surface area contributed by atoms with Gasteiger partial charge in [-0.15, -0.1) is 23.7 Å². The molecule has 1 aliphatic heterocycles. The van der Waals surface area contributed by atoms with Gasteiger partial charge in [-0.3, -0.25) is 4.79 Å². The van der Waals surface area contributed by atoms with E-state index in [1.54, 1.807) is 0 Å². The van der Waals surface area contributed by atoms with Gasteiger partial charge in [0.25, 0.3) is 5.91 Å². The van der Waals surface area contributed by atoms with Crippen LogP contribution in [0.1, 0.15) is 19.3 Å². The smallest absolute Gasteiger partial charge is 0.265 e. The molecule has 1 N–H and O–H groups in total. The summed E-state index contributed by atoms with van der Waals surface area (Å²) < 4.78 is 1.87. The molecule has 2 heterocycles. The molecule has 1 atom stereocenters. The number of hydrogen-bond acceptors (Lipinski definition) is 3. The van der Waals surface area contributed by atoms with Crippen LogP contribution in [0.25, 0.3) is 0 Å². The Morgan fingerprint density at radius 1 is 1.62 bits per heavy atom. The Kier molecular flexibility index (Phi) is 5.18. The first-order valence-corrected chi connectivity index (χ1v) is 6.07. The van der Waals surface area contributed by atoms with E-state index in [0.717, 1.165) is 30.6 Å². The molecular formula is C10H16ClN3OS. The van der Waals surface area contributed by atoms with Crippen molar-refractivity contribution in [2.24, 2.45) is 12.0 Å². The van der Waals surface area contributed by atoms with Gasteiger partial charge in [-0.2, -0.15) is 4.99 Å². The third-order valence-corrected chi connectivity index (χ3v) is 3.42. The number of carbonyl (C=O) groups excluding carboxylic acids is 1. The molecule has 90 valence electrons. The second kappa shape index (κ2) is 6.18. The Bertz CT molecular complexity index is 406. The molecule has 0 spiro atoms. The molecule has 0 aromatic carbocycles. The van der Waals surface area contributed by atoms with Crippen molar-refractivity contribution in [2.45, 2.75) is 25.3 Å². The zero-order chi connectivity index (χ0) is 10.7. The fraction of sp³-hybridized carbons (Fsp3) is 0.600. The van der Waals surface area contributed by atoms with Crippen molar-refractivity contribution in [1.29, 1.82) is 0 Å². The summed E-state index contributed by atoms with van der Waals surface area (Å²) >= 11 is 1.49. The SMILES string of the molecule is Cl.Cn1ccsc1=NC(=O)[C@@H]1CCCCN1. The number of aryl methyl sites for hydroxylation is 1. The molecule has 1 aromatic heterocycles. The summed E-state index contributed by atoms with van der Waals surface area (Å²) in [6.45, 7) is 0.933. The van der Waals surface area contributed by atoms with E-state index < -0.39 is 0 Å². The quantitative estimate of drug-likeness (QED) is 0.822. The number of carbonyl (C=O) groups is 1. The Labute approximate surface area is 105 Å². The van der Waals surface area contributed by atoms with E-state index in [4.69, 9.17) is 0 Å². The predicted molar refractivity (Wildman–Crippen MR) is 66.7 cm³/mol. The molecule has 1 amide bonds. The third kappa shape index (κ3) is 3.17. The molecule has 2 rings (SSSR count). The summed E-state index contributed by atoms with van der Waals surface area (Å²) in [5.41, 5.74) is 0. The fourth-order valence-corrected chi connectivity index (χ4v) is 2.40. The zero-order valence-corrected chi connectivity index (χ0v) is 10.8. The van der Waals surface area contributed by atoms with Gasteiger partial charge in [0, 0.05) is 18.6 Å². The minimum Gasteiger partial charge on any atom is -0.327 e. The van der Waals surface area contributed by atoms with E-state index >= 15 is 0 Å². The van der Waals surface area contributed by atoms with Crippen molar-refractivity contribution in [3.63, 3.8) is 0 Å². The van der Waals surface area contributed by atoms with E-state index in [0.29, 0.717) is 0 Å². The van der Waals surface area contributed by atoms with Gasteiger partial charge in [0.1, 0.15) is 0 Å². The maximum Gasteiger partial charge on any atom is 0.265 e. The number of hydrogen-bond donors (Lipinski definition) is 1. The highest BCUT2D eigenvalue weighted by atomic mass is 35.5. The standard InChI is InChI=1S/C10H15N3OS.ClH/c1-13-6-7-15-10(13)12-9(14)8-4-2-3-5-11-8;/h6-8,11H,2-5H2,1H3;1H/t8-;/m0./s1. The number of nitrogens with zero attached hydrogens (tertiary/aromatic N) is 2. The molecule has 4 nitrogen and oxygen atoms in total. The fourth-order valence-electron chi connectivity index (χ4n) is 1.67. The summed E-state index contributed by atoms with van der Waals surface area (Å²) in [4.78, 5) is 16.7. The molecule has 1 aromatic rings. The number of piperidine rings is 1. The van der Waals surface area contributed by atoms with E-state index in [1.807, 2.05) is 23.2 Å². The third-order valence-electron chi connectivity index (χ3n) is 2.57. The van der Waals surface area contributed by atoms with Crippen LogP contribution in [0, 0.1) is 0 Å². The van der Waals surface area contributed by atoms with E-state index in [1.165, 1.54) is 11.3 Å². The number of rotatable bonds is 1. The molecule has 0 radical (unpaired) electrons. The molecule has 1 fully saturated rings. The minimum absolute atomic E-state index is 0. The predicted octanol–water partition coefficient (Wildman–Crippen LogP) is 1.08. The van der Waals surface area contributed by atoms with Crippen molar-refractivity contribution >= 4 is 29.7 Å². The van der Waals surface area contributed by atoms with Gasteiger partial charge in [0.15, 0.2) is 4.80 Å². The van der Waals surface area contributed by atoms with Crippen LogP contribution in [0.4, 0.5) is 0 Å². The molecule has 0 saturated carbocycles. The van der Waals surface area contributed by atoms with Crippen LogP contribution in [0.5, 0.6) is 0 Å².